The van der Waals surface area contributed by atoms with Crippen LogP contribution in [0.2, 0.25) is 0 Å². The summed E-state index contributed by atoms with van der Waals surface area (Å²) in [5.41, 5.74) is 1.56. The zero-order valence-electron chi connectivity index (χ0n) is 20.7. The topological polar surface area (TPSA) is 88.5 Å². The SMILES string of the molecule is CCOc1ccc(C2C(C(=O)/C=C/c3ccccc3)=C(O)C(=O)N2CCN2CCOCC2)cc1OC. The van der Waals surface area contributed by atoms with E-state index in [1.165, 1.54) is 6.08 Å². The van der Waals surface area contributed by atoms with Crippen LogP contribution >= 0.6 is 0 Å². The van der Waals surface area contributed by atoms with Crippen LogP contribution in [-0.2, 0) is 14.3 Å². The third-order valence-corrected chi connectivity index (χ3v) is 6.36. The molecule has 2 aliphatic rings. The lowest BCUT2D eigenvalue weighted by atomic mass is 9.95. The third-order valence-electron chi connectivity index (χ3n) is 6.36. The largest absolute Gasteiger partial charge is 0.503 e. The first-order valence-corrected chi connectivity index (χ1v) is 12.2. The van der Waals surface area contributed by atoms with Crippen LogP contribution in [0.1, 0.15) is 24.1 Å². The van der Waals surface area contributed by atoms with Crippen molar-refractivity contribution in [1.29, 1.82) is 0 Å². The standard InChI is InChI=1S/C28H32N2O6/c1-3-36-23-12-10-21(19-24(23)34-2)26-25(22(31)11-9-20-7-5-4-6-8-20)27(32)28(33)30(26)14-13-29-15-17-35-18-16-29/h4-12,19,26,32H,3,13-18H2,1-2H3/b11-9+. The molecule has 2 aromatic carbocycles. The number of nitrogens with zero attached hydrogens (tertiary/aromatic N) is 2. The molecule has 0 spiro atoms. The van der Waals surface area contributed by atoms with Gasteiger partial charge >= 0.3 is 0 Å². The van der Waals surface area contributed by atoms with E-state index in [9.17, 15) is 14.7 Å². The third kappa shape index (κ3) is 5.61. The summed E-state index contributed by atoms with van der Waals surface area (Å²) < 4.78 is 16.6. The van der Waals surface area contributed by atoms with E-state index in [1.54, 1.807) is 36.3 Å². The molecule has 36 heavy (non-hydrogen) atoms. The molecule has 2 heterocycles. The molecule has 1 atom stereocenters. The fourth-order valence-corrected chi connectivity index (χ4v) is 4.51. The molecule has 4 rings (SSSR count). The molecule has 0 saturated carbocycles. The van der Waals surface area contributed by atoms with E-state index < -0.39 is 23.5 Å². The summed E-state index contributed by atoms with van der Waals surface area (Å²) in [5.74, 6) is -0.433. The number of aliphatic hydroxyl groups is 1. The van der Waals surface area contributed by atoms with Gasteiger partial charge in [-0.3, -0.25) is 14.5 Å². The van der Waals surface area contributed by atoms with Crippen molar-refractivity contribution in [2.24, 2.45) is 0 Å². The first-order valence-electron chi connectivity index (χ1n) is 12.2. The van der Waals surface area contributed by atoms with Gasteiger partial charge in [0.05, 0.1) is 38.5 Å². The van der Waals surface area contributed by atoms with Crippen LogP contribution in [0.3, 0.4) is 0 Å². The first kappa shape index (κ1) is 25.5. The molecule has 1 unspecified atom stereocenters. The van der Waals surface area contributed by atoms with Crippen LogP contribution < -0.4 is 9.47 Å². The van der Waals surface area contributed by atoms with Crippen LogP contribution in [0.5, 0.6) is 11.5 Å². The number of rotatable bonds is 10. The number of carbonyl (C=O) groups excluding carboxylic acids is 2. The van der Waals surface area contributed by atoms with Crippen LogP contribution in [0, 0.1) is 0 Å². The minimum atomic E-state index is -0.754. The molecule has 2 aliphatic heterocycles. The lowest BCUT2D eigenvalue weighted by Gasteiger charge is -2.31. The lowest BCUT2D eigenvalue weighted by molar-refractivity contribution is -0.129. The Hall–Kier alpha value is -3.62. The summed E-state index contributed by atoms with van der Waals surface area (Å²) in [5, 5.41) is 10.9. The predicted molar refractivity (Wildman–Crippen MR) is 136 cm³/mol. The Kier molecular flexibility index (Phi) is 8.40. The van der Waals surface area contributed by atoms with Gasteiger partial charge in [0.1, 0.15) is 0 Å². The number of morpholine rings is 1. The Bertz CT molecular complexity index is 1140. The number of allylic oxidation sites excluding steroid dienone is 1. The van der Waals surface area contributed by atoms with Gasteiger partial charge in [-0.25, -0.2) is 0 Å². The van der Waals surface area contributed by atoms with Crippen molar-refractivity contribution in [1.82, 2.24) is 9.80 Å². The number of hydrogen-bond donors (Lipinski definition) is 1. The number of aliphatic hydroxyl groups excluding tert-OH is 1. The first-order chi connectivity index (χ1) is 17.5. The monoisotopic (exact) mass is 492 g/mol. The van der Waals surface area contributed by atoms with E-state index >= 15 is 0 Å². The van der Waals surface area contributed by atoms with Crippen molar-refractivity contribution >= 4 is 17.8 Å². The normalized spacial score (nSPS) is 18.8. The van der Waals surface area contributed by atoms with Gasteiger partial charge in [0.2, 0.25) is 0 Å². The Labute approximate surface area is 211 Å². The van der Waals surface area contributed by atoms with E-state index in [2.05, 4.69) is 4.90 Å². The molecular weight excluding hydrogens is 460 g/mol. The number of ketones is 1. The number of hydrogen-bond acceptors (Lipinski definition) is 7. The number of amides is 1. The minimum Gasteiger partial charge on any atom is -0.503 e. The van der Waals surface area contributed by atoms with E-state index in [0.29, 0.717) is 50.0 Å². The second kappa shape index (κ2) is 11.9. The quantitative estimate of drug-likeness (QED) is 0.509. The van der Waals surface area contributed by atoms with Gasteiger partial charge in [0, 0.05) is 26.2 Å². The molecule has 0 radical (unpaired) electrons. The summed E-state index contributed by atoms with van der Waals surface area (Å²) in [7, 11) is 1.54. The number of benzene rings is 2. The molecule has 2 aromatic rings. The molecule has 1 amide bonds. The summed E-state index contributed by atoms with van der Waals surface area (Å²) in [4.78, 5) is 30.4. The second-order valence-corrected chi connectivity index (χ2v) is 8.57. The van der Waals surface area contributed by atoms with E-state index in [0.717, 1.165) is 18.7 Å². The van der Waals surface area contributed by atoms with Gasteiger partial charge in [0.15, 0.2) is 23.0 Å². The van der Waals surface area contributed by atoms with Crippen molar-refractivity contribution < 1.29 is 28.9 Å². The van der Waals surface area contributed by atoms with Crippen molar-refractivity contribution in [3.8, 4) is 11.5 Å². The predicted octanol–water partition coefficient (Wildman–Crippen LogP) is 3.40. The van der Waals surface area contributed by atoms with Crippen molar-refractivity contribution in [3.05, 3.63) is 77.1 Å². The fraction of sp³-hybridized carbons (Fsp3) is 0.357. The van der Waals surface area contributed by atoms with Crippen LogP contribution in [-0.4, -0.2) is 79.7 Å². The zero-order valence-corrected chi connectivity index (χ0v) is 20.7. The zero-order chi connectivity index (χ0) is 25.5. The Balaban J connectivity index is 1.67. The average molecular weight is 493 g/mol. The molecule has 190 valence electrons. The molecule has 0 bridgehead atoms. The molecule has 1 N–H and O–H groups in total. The van der Waals surface area contributed by atoms with E-state index in [-0.39, 0.29) is 5.57 Å². The maximum absolute atomic E-state index is 13.4. The summed E-state index contributed by atoms with van der Waals surface area (Å²) in [6, 6.07) is 14.0. The molecule has 8 heteroatoms. The van der Waals surface area contributed by atoms with Gasteiger partial charge < -0.3 is 24.2 Å². The Morgan fingerprint density at radius 2 is 1.86 bits per heavy atom. The smallest absolute Gasteiger partial charge is 0.290 e. The summed E-state index contributed by atoms with van der Waals surface area (Å²) in [6.07, 6.45) is 3.08. The fourth-order valence-electron chi connectivity index (χ4n) is 4.51. The molecule has 0 aliphatic carbocycles. The molecule has 1 fully saturated rings. The highest BCUT2D eigenvalue weighted by molar-refractivity contribution is 6.14. The Morgan fingerprint density at radius 1 is 1.11 bits per heavy atom. The molecule has 0 aromatic heterocycles. The van der Waals surface area contributed by atoms with E-state index in [4.69, 9.17) is 14.2 Å². The van der Waals surface area contributed by atoms with Gasteiger partial charge in [0.25, 0.3) is 5.91 Å². The minimum absolute atomic E-state index is 0.0559. The molecule has 8 nitrogen and oxygen atoms in total. The van der Waals surface area contributed by atoms with Crippen LogP contribution in [0.25, 0.3) is 6.08 Å². The highest BCUT2D eigenvalue weighted by Gasteiger charge is 2.43. The van der Waals surface area contributed by atoms with Gasteiger partial charge in [-0.1, -0.05) is 42.5 Å². The van der Waals surface area contributed by atoms with Gasteiger partial charge in [-0.05, 0) is 36.3 Å². The summed E-state index contributed by atoms with van der Waals surface area (Å²) in [6.45, 7) is 6.14. The van der Waals surface area contributed by atoms with Crippen molar-refractivity contribution in [2.45, 2.75) is 13.0 Å². The molecule has 1 saturated heterocycles. The highest BCUT2D eigenvalue weighted by atomic mass is 16.5. The van der Waals surface area contributed by atoms with Gasteiger partial charge in [-0.15, -0.1) is 0 Å². The van der Waals surface area contributed by atoms with Crippen molar-refractivity contribution in [3.63, 3.8) is 0 Å². The van der Waals surface area contributed by atoms with Crippen molar-refractivity contribution in [2.75, 3.05) is 53.1 Å². The maximum atomic E-state index is 13.4. The Morgan fingerprint density at radius 3 is 2.56 bits per heavy atom. The highest BCUT2D eigenvalue weighted by Crippen LogP contribution is 2.41. The summed E-state index contributed by atoms with van der Waals surface area (Å²) >= 11 is 0. The van der Waals surface area contributed by atoms with Crippen LogP contribution in [0.4, 0.5) is 0 Å². The van der Waals surface area contributed by atoms with Crippen LogP contribution in [0.15, 0.2) is 65.9 Å². The number of carbonyl (C=O) groups is 2. The molecular formula is C28H32N2O6. The number of ether oxygens (including phenoxy) is 3. The maximum Gasteiger partial charge on any atom is 0.290 e. The van der Waals surface area contributed by atoms with E-state index in [1.807, 2.05) is 37.3 Å². The number of methoxy groups -OCH3 is 1. The van der Waals surface area contributed by atoms with Gasteiger partial charge in [-0.2, -0.15) is 0 Å². The average Bonchev–Trinajstić information content (AvgIpc) is 3.17. The lowest BCUT2D eigenvalue weighted by Crippen LogP contribution is -2.43. The second-order valence-electron chi connectivity index (χ2n) is 8.57.